The van der Waals surface area contributed by atoms with E-state index in [0.29, 0.717) is 9.04 Å². The molecule has 1 N–H and O–H groups in total. The maximum atomic E-state index is 14.3. The van der Waals surface area contributed by atoms with Gasteiger partial charge in [-0.3, -0.25) is 14.2 Å². The Balaban J connectivity index is 1.80. The summed E-state index contributed by atoms with van der Waals surface area (Å²) in [5, 5.41) is 4.00. The lowest BCUT2D eigenvalue weighted by atomic mass is 10.3. The van der Waals surface area contributed by atoms with Crippen LogP contribution < -0.4 is 16.6 Å². The molecule has 0 fully saturated rings. The maximum Gasteiger partial charge on any atom is 0.336 e. The molecular weight excluding hydrogens is 480 g/mol. The van der Waals surface area contributed by atoms with E-state index in [9.17, 15) is 23.2 Å². The fourth-order valence-corrected chi connectivity index (χ4v) is 4.17. The Hall–Kier alpha value is -3.11. The van der Waals surface area contributed by atoms with Crippen molar-refractivity contribution in [2.75, 3.05) is 5.32 Å². The highest BCUT2D eigenvalue weighted by Crippen LogP contribution is 2.20. The maximum absolute atomic E-state index is 14.3. The predicted octanol–water partition coefficient (Wildman–Crippen LogP) is 3.89. The number of carbonyl (C=O) groups excluding carboxylic acids is 1. The van der Waals surface area contributed by atoms with Crippen molar-refractivity contribution in [3.05, 3.63) is 90.9 Å². The lowest BCUT2D eigenvalue weighted by molar-refractivity contribution is -0.116. The Labute approximate surface area is 180 Å². The average Bonchev–Trinajstić information content (AvgIpc) is 3.19. The number of aromatic nitrogens is 2. The molecule has 0 bridgehead atoms. The summed E-state index contributed by atoms with van der Waals surface area (Å²) in [7, 11) is 0. The molecule has 0 aliphatic rings. The van der Waals surface area contributed by atoms with E-state index in [1.54, 1.807) is 11.4 Å². The number of benzene rings is 2. The van der Waals surface area contributed by atoms with Crippen molar-refractivity contribution in [3.63, 3.8) is 0 Å². The summed E-state index contributed by atoms with van der Waals surface area (Å²) >= 11 is 4.21. The summed E-state index contributed by atoms with van der Waals surface area (Å²) in [4.78, 5) is 38.4. The first kappa shape index (κ1) is 20.2. The van der Waals surface area contributed by atoms with Gasteiger partial charge in [0.05, 0.1) is 16.9 Å². The molecule has 0 radical (unpaired) electrons. The lowest BCUT2D eigenvalue weighted by Gasteiger charge is -2.13. The summed E-state index contributed by atoms with van der Waals surface area (Å²) in [6, 6.07) is 11.0. The molecular formula is C20H12BrF2N3O3S. The van der Waals surface area contributed by atoms with Crippen LogP contribution in [0.2, 0.25) is 0 Å². The van der Waals surface area contributed by atoms with E-state index < -0.39 is 35.3 Å². The van der Waals surface area contributed by atoms with Gasteiger partial charge < -0.3 is 5.32 Å². The van der Waals surface area contributed by atoms with Gasteiger partial charge in [-0.15, -0.1) is 11.3 Å². The number of rotatable bonds is 4. The minimum Gasteiger partial charge on any atom is -0.322 e. The number of amides is 1. The van der Waals surface area contributed by atoms with Crippen molar-refractivity contribution >= 4 is 49.1 Å². The number of carbonyl (C=O) groups is 1. The van der Waals surface area contributed by atoms with Crippen LogP contribution in [-0.2, 0) is 11.3 Å². The van der Waals surface area contributed by atoms with Gasteiger partial charge in [-0.2, -0.15) is 0 Å². The monoisotopic (exact) mass is 491 g/mol. The molecule has 30 heavy (non-hydrogen) atoms. The second-order valence-corrected chi connectivity index (χ2v) is 8.10. The van der Waals surface area contributed by atoms with Crippen LogP contribution in [0.1, 0.15) is 0 Å². The summed E-state index contributed by atoms with van der Waals surface area (Å²) in [6.07, 6.45) is 0. The smallest absolute Gasteiger partial charge is 0.322 e. The molecule has 2 heterocycles. The first-order valence-corrected chi connectivity index (χ1v) is 10.3. The highest BCUT2D eigenvalue weighted by Gasteiger charge is 2.19. The zero-order valence-electron chi connectivity index (χ0n) is 15.1. The quantitative estimate of drug-likeness (QED) is 0.470. The number of hydrogen-bond acceptors (Lipinski definition) is 4. The molecule has 152 valence electrons. The van der Waals surface area contributed by atoms with Crippen molar-refractivity contribution in [3.8, 4) is 5.69 Å². The van der Waals surface area contributed by atoms with Crippen LogP contribution in [0.25, 0.3) is 15.9 Å². The van der Waals surface area contributed by atoms with Crippen LogP contribution in [0.4, 0.5) is 14.5 Å². The highest BCUT2D eigenvalue weighted by molar-refractivity contribution is 9.10. The lowest BCUT2D eigenvalue weighted by Crippen LogP contribution is -2.40. The zero-order chi connectivity index (χ0) is 21.4. The van der Waals surface area contributed by atoms with E-state index in [1.807, 2.05) is 0 Å². The van der Waals surface area contributed by atoms with Crippen LogP contribution in [0.5, 0.6) is 0 Å². The average molecular weight is 492 g/mol. The Morgan fingerprint density at radius 1 is 1.07 bits per heavy atom. The fourth-order valence-electron chi connectivity index (χ4n) is 3.01. The van der Waals surface area contributed by atoms with Gasteiger partial charge in [0, 0.05) is 4.47 Å². The van der Waals surface area contributed by atoms with Gasteiger partial charge in [0.25, 0.3) is 5.56 Å². The molecule has 10 heteroatoms. The number of thiophene rings is 1. The standard InChI is InChI=1S/C20H12BrF2N3O3S/c21-11-5-6-14(13(23)9-11)24-17(27)10-25-16-7-8-30-18(16)19(28)26(20(25)29)15-4-2-1-3-12(15)22/h1-9H,10H2,(H,24,27). The third-order valence-corrected chi connectivity index (χ3v) is 5.74. The molecule has 0 aliphatic carbocycles. The van der Waals surface area contributed by atoms with Gasteiger partial charge in [-0.05, 0) is 41.8 Å². The van der Waals surface area contributed by atoms with Crippen LogP contribution in [0.3, 0.4) is 0 Å². The Morgan fingerprint density at radius 3 is 2.57 bits per heavy atom. The molecule has 4 rings (SSSR count). The minimum absolute atomic E-state index is 0.0553. The van der Waals surface area contributed by atoms with Gasteiger partial charge in [0.2, 0.25) is 5.91 Å². The van der Waals surface area contributed by atoms with Gasteiger partial charge in [0.1, 0.15) is 22.9 Å². The molecule has 0 saturated carbocycles. The van der Waals surface area contributed by atoms with Crippen LogP contribution in [0.15, 0.2) is 68.0 Å². The van der Waals surface area contributed by atoms with E-state index in [-0.39, 0.29) is 21.6 Å². The van der Waals surface area contributed by atoms with Crippen LogP contribution in [0, 0.1) is 11.6 Å². The summed E-state index contributed by atoms with van der Waals surface area (Å²) < 4.78 is 30.8. The van der Waals surface area contributed by atoms with E-state index in [0.717, 1.165) is 22.0 Å². The van der Waals surface area contributed by atoms with Gasteiger partial charge in [0.15, 0.2) is 0 Å². The van der Waals surface area contributed by atoms with Gasteiger partial charge in [-0.25, -0.2) is 18.1 Å². The summed E-state index contributed by atoms with van der Waals surface area (Å²) in [5.41, 5.74) is -1.57. The number of hydrogen-bond donors (Lipinski definition) is 1. The molecule has 4 aromatic rings. The normalized spacial score (nSPS) is 11.0. The molecule has 0 atom stereocenters. The summed E-state index contributed by atoms with van der Waals surface area (Å²) in [6.45, 7) is -0.490. The molecule has 2 aromatic carbocycles. The Bertz CT molecular complexity index is 1410. The van der Waals surface area contributed by atoms with E-state index in [1.165, 1.54) is 36.4 Å². The van der Waals surface area contributed by atoms with E-state index in [4.69, 9.17) is 0 Å². The summed E-state index contributed by atoms with van der Waals surface area (Å²) in [5.74, 6) is -2.08. The number of halogens is 3. The van der Waals surface area contributed by atoms with Crippen molar-refractivity contribution in [1.82, 2.24) is 9.13 Å². The zero-order valence-corrected chi connectivity index (χ0v) is 17.5. The van der Waals surface area contributed by atoms with E-state index >= 15 is 0 Å². The molecule has 1 amide bonds. The van der Waals surface area contributed by atoms with Crippen molar-refractivity contribution in [2.24, 2.45) is 0 Å². The Morgan fingerprint density at radius 2 is 1.83 bits per heavy atom. The van der Waals surface area contributed by atoms with E-state index in [2.05, 4.69) is 21.2 Å². The largest absolute Gasteiger partial charge is 0.336 e. The molecule has 2 aromatic heterocycles. The number of nitrogens with zero attached hydrogens (tertiary/aromatic N) is 2. The molecule has 0 saturated heterocycles. The number of fused-ring (bicyclic) bond motifs is 1. The first-order chi connectivity index (χ1) is 14.4. The van der Waals surface area contributed by atoms with Gasteiger partial charge >= 0.3 is 5.69 Å². The molecule has 0 spiro atoms. The van der Waals surface area contributed by atoms with Crippen molar-refractivity contribution in [1.29, 1.82) is 0 Å². The molecule has 0 unspecified atom stereocenters. The first-order valence-electron chi connectivity index (χ1n) is 8.59. The predicted molar refractivity (Wildman–Crippen MR) is 114 cm³/mol. The van der Waals surface area contributed by atoms with Gasteiger partial charge in [-0.1, -0.05) is 28.1 Å². The fraction of sp³-hybridized carbons (Fsp3) is 0.0500. The van der Waals surface area contributed by atoms with Crippen molar-refractivity contribution < 1.29 is 13.6 Å². The second kappa shape index (κ2) is 7.96. The number of nitrogens with one attached hydrogen (secondary N) is 1. The third kappa shape index (κ3) is 3.59. The number of para-hydroxylation sites is 1. The molecule has 6 nitrogen and oxygen atoms in total. The van der Waals surface area contributed by atoms with Crippen molar-refractivity contribution in [2.45, 2.75) is 6.54 Å². The number of anilines is 1. The molecule has 0 aliphatic heterocycles. The highest BCUT2D eigenvalue weighted by atomic mass is 79.9. The topological polar surface area (TPSA) is 73.1 Å². The second-order valence-electron chi connectivity index (χ2n) is 6.27. The Kier molecular flexibility index (Phi) is 5.35. The van der Waals surface area contributed by atoms with Crippen LogP contribution in [-0.4, -0.2) is 15.0 Å². The van der Waals surface area contributed by atoms with Crippen LogP contribution >= 0.6 is 27.3 Å². The minimum atomic E-state index is -0.873. The SMILES string of the molecule is O=C(Cn1c(=O)n(-c2ccccc2F)c(=O)c2sccc21)Nc1ccc(Br)cc1F. The third-order valence-electron chi connectivity index (χ3n) is 4.36.